The van der Waals surface area contributed by atoms with E-state index in [9.17, 15) is 25.5 Å². The van der Waals surface area contributed by atoms with Crippen LogP contribution in [-0.2, 0) is 18.6 Å². The van der Waals surface area contributed by atoms with Gasteiger partial charge in [0, 0.05) is 0 Å². The van der Waals surface area contributed by atoms with Gasteiger partial charge in [0.05, 0.1) is 0 Å². The van der Waals surface area contributed by atoms with E-state index < -0.39 is 0 Å². The van der Waals surface area contributed by atoms with E-state index in [0.717, 1.165) is 0 Å². The zero-order valence-corrected chi connectivity index (χ0v) is 20.8. The summed E-state index contributed by atoms with van der Waals surface area (Å²) in [5.41, 5.74) is 0. The van der Waals surface area contributed by atoms with Crippen LogP contribution in [0, 0.1) is 0 Å². The fourth-order valence-electron chi connectivity index (χ4n) is 2.10. The molecule has 5 nitrogen and oxygen atoms in total. The Morgan fingerprint density at radius 1 is 0.222 bits per heavy atom. The average molecular weight is 516 g/mol. The van der Waals surface area contributed by atoms with Gasteiger partial charge in [0.1, 0.15) is 0 Å². The minimum absolute atomic E-state index is 0. The largest absolute Gasteiger partial charge is 5.00 e. The van der Waals surface area contributed by atoms with Crippen molar-refractivity contribution in [3.8, 4) is 28.7 Å². The van der Waals surface area contributed by atoms with Crippen LogP contribution in [0.1, 0.15) is 0 Å². The Labute approximate surface area is 224 Å². The molecule has 0 aliphatic rings. The van der Waals surface area contributed by atoms with Gasteiger partial charge in [-0.1, -0.05) is 152 Å². The molecule has 0 saturated carbocycles. The average Bonchev–Trinajstić information content (AvgIpc) is 2.88. The van der Waals surface area contributed by atoms with Crippen molar-refractivity contribution in [3.63, 3.8) is 0 Å². The maximum Gasteiger partial charge on any atom is 5.00 e. The summed E-state index contributed by atoms with van der Waals surface area (Å²) in [6.45, 7) is 0. The summed E-state index contributed by atoms with van der Waals surface area (Å²) in [5, 5.41) is 51.3. The van der Waals surface area contributed by atoms with E-state index in [2.05, 4.69) is 0 Å². The standard InChI is InChI=1S/5C6H6O.V/c5*7-6-4-2-1-3-5-6;/h5*1-5,7H;/q;;;;;+5/p-5. The van der Waals surface area contributed by atoms with E-state index in [1.54, 1.807) is 60.7 Å². The van der Waals surface area contributed by atoms with Crippen LogP contribution < -0.4 is 25.5 Å². The molecule has 0 aromatic heterocycles. The Balaban J connectivity index is 0.000000422. The smallest absolute Gasteiger partial charge is 0.872 e. The molecule has 0 heterocycles. The summed E-state index contributed by atoms with van der Waals surface area (Å²) >= 11 is 0. The first-order valence-corrected chi connectivity index (χ1v) is 10.6. The maximum atomic E-state index is 10.3. The molecule has 0 fully saturated rings. The van der Waals surface area contributed by atoms with Crippen molar-refractivity contribution in [1.82, 2.24) is 0 Å². The zero-order chi connectivity index (χ0) is 25.6. The molecule has 0 unspecified atom stereocenters. The van der Waals surface area contributed by atoms with Crippen molar-refractivity contribution >= 4 is 0 Å². The summed E-state index contributed by atoms with van der Waals surface area (Å²) in [6.07, 6.45) is 0. The van der Waals surface area contributed by atoms with Crippen molar-refractivity contribution in [2.75, 3.05) is 0 Å². The summed E-state index contributed by atoms with van der Waals surface area (Å²) < 4.78 is 0. The van der Waals surface area contributed by atoms with Gasteiger partial charge in [-0.3, -0.25) is 0 Å². The second-order valence-corrected chi connectivity index (χ2v) is 6.57. The summed E-state index contributed by atoms with van der Waals surface area (Å²) in [6, 6.07) is 41.6. The van der Waals surface area contributed by atoms with Gasteiger partial charge >= 0.3 is 18.6 Å². The molecule has 36 heavy (non-hydrogen) atoms. The topological polar surface area (TPSA) is 115 Å². The summed E-state index contributed by atoms with van der Waals surface area (Å²) in [5.74, 6) is 0.359. The maximum absolute atomic E-state index is 10.3. The molecule has 180 valence electrons. The first-order valence-electron chi connectivity index (χ1n) is 10.6. The fourth-order valence-corrected chi connectivity index (χ4v) is 2.10. The molecular weight excluding hydrogens is 491 g/mol. The Morgan fingerprint density at radius 2 is 0.333 bits per heavy atom. The monoisotopic (exact) mass is 516 g/mol. The molecular formula is C30H25O5V. The predicted octanol–water partition coefficient (Wildman–Crippen LogP) is 3.80. The van der Waals surface area contributed by atoms with Crippen molar-refractivity contribution < 1.29 is 44.1 Å². The quantitative estimate of drug-likeness (QED) is 0.311. The first-order chi connectivity index (χ1) is 17.0. The van der Waals surface area contributed by atoms with E-state index in [-0.39, 0.29) is 47.3 Å². The third kappa shape index (κ3) is 19.2. The van der Waals surface area contributed by atoms with Crippen molar-refractivity contribution in [1.29, 1.82) is 0 Å². The molecule has 0 bridgehead atoms. The molecule has 0 radical (unpaired) electrons. The van der Waals surface area contributed by atoms with Crippen molar-refractivity contribution in [2.45, 2.75) is 0 Å². The van der Waals surface area contributed by atoms with Crippen LogP contribution >= 0.6 is 0 Å². The zero-order valence-electron chi connectivity index (χ0n) is 19.4. The van der Waals surface area contributed by atoms with Crippen molar-refractivity contribution in [3.05, 3.63) is 152 Å². The molecule has 0 spiro atoms. The Kier molecular flexibility index (Phi) is 18.7. The van der Waals surface area contributed by atoms with Gasteiger partial charge in [-0.05, 0) is 0 Å². The van der Waals surface area contributed by atoms with Gasteiger partial charge in [-0.2, -0.15) is 0 Å². The molecule has 0 amide bonds. The van der Waals surface area contributed by atoms with E-state index in [1.807, 2.05) is 30.3 Å². The molecule has 5 aromatic carbocycles. The molecule has 0 aliphatic carbocycles. The van der Waals surface area contributed by atoms with Crippen LogP contribution in [0.15, 0.2) is 152 Å². The third-order valence-electron chi connectivity index (χ3n) is 3.72. The predicted molar refractivity (Wildman–Crippen MR) is 129 cm³/mol. The van der Waals surface area contributed by atoms with Crippen LogP contribution in [0.5, 0.6) is 28.7 Å². The molecule has 0 N–H and O–H groups in total. The molecule has 0 aliphatic heterocycles. The van der Waals surface area contributed by atoms with Gasteiger partial charge in [-0.25, -0.2) is 0 Å². The van der Waals surface area contributed by atoms with Gasteiger partial charge in [0.25, 0.3) is 0 Å². The van der Waals surface area contributed by atoms with E-state index in [4.69, 9.17) is 0 Å². The Hall–Kier alpha value is -4.32. The van der Waals surface area contributed by atoms with Gasteiger partial charge in [-0.15, -0.1) is 28.7 Å². The molecule has 5 aromatic rings. The van der Waals surface area contributed by atoms with Crippen molar-refractivity contribution in [2.24, 2.45) is 0 Å². The Morgan fingerprint density at radius 3 is 0.389 bits per heavy atom. The third-order valence-corrected chi connectivity index (χ3v) is 3.72. The number of para-hydroxylation sites is 5. The fraction of sp³-hybridized carbons (Fsp3) is 0. The number of rotatable bonds is 0. The Bertz CT molecular complexity index is 895. The number of hydrogen-bond donors (Lipinski definition) is 0. The second-order valence-electron chi connectivity index (χ2n) is 6.57. The van der Waals surface area contributed by atoms with E-state index in [1.165, 1.54) is 60.7 Å². The van der Waals surface area contributed by atoms with Crippen LogP contribution in [0.4, 0.5) is 0 Å². The minimum atomic E-state index is 0. The molecule has 5 rings (SSSR count). The van der Waals surface area contributed by atoms with Crippen LogP contribution in [-0.4, -0.2) is 0 Å². The molecule has 0 saturated heterocycles. The molecule has 6 heteroatoms. The second kappa shape index (κ2) is 21.2. The van der Waals surface area contributed by atoms with E-state index in [0.29, 0.717) is 0 Å². The van der Waals surface area contributed by atoms with Crippen LogP contribution in [0.25, 0.3) is 0 Å². The summed E-state index contributed by atoms with van der Waals surface area (Å²) in [4.78, 5) is 0. The molecule has 0 atom stereocenters. The van der Waals surface area contributed by atoms with Gasteiger partial charge < -0.3 is 25.5 Å². The van der Waals surface area contributed by atoms with E-state index >= 15 is 0 Å². The van der Waals surface area contributed by atoms with Gasteiger partial charge in [0.2, 0.25) is 0 Å². The van der Waals surface area contributed by atoms with Crippen LogP contribution in [0.3, 0.4) is 0 Å². The number of benzene rings is 5. The van der Waals surface area contributed by atoms with Crippen LogP contribution in [0.2, 0.25) is 0 Å². The summed E-state index contributed by atoms with van der Waals surface area (Å²) in [7, 11) is 0. The number of hydrogen-bond acceptors (Lipinski definition) is 5. The van der Waals surface area contributed by atoms with Gasteiger partial charge in [0.15, 0.2) is 0 Å². The first kappa shape index (κ1) is 31.7. The minimum Gasteiger partial charge on any atom is -0.872 e. The normalized spacial score (nSPS) is 8.33. The SMILES string of the molecule is [O-]c1ccccc1.[O-]c1ccccc1.[O-]c1ccccc1.[O-]c1ccccc1.[O-]c1ccccc1.[V+5].